The predicted octanol–water partition coefficient (Wildman–Crippen LogP) is 1.50. The number of amides is 1. The van der Waals surface area contributed by atoms with Crippen LogP contribution in [0.4, 0.5) is 4.39 Å². The van der Waals surface area contributed by atoms with Crippen LogP contribution in [-0.2, 0) is 9.53 Å². The van der Waals surface area contributed by atoms with E-state index in [1.165, 1.54) is 12.1 Å². The van der Waals surface area contributed by atoms with Crippen LogP contribution in [0, 0.1) is 5.82 Å². The minimum Gasteiger partial charge on any atom is -0.371 e. The van der Waals surface area contributed by atoms with Crippen molar-refractivity contribution in [1.82, 2.24) is 10.2 Å². The summed E-state index contributed by atoms with van der Waals surface area (Å²) in [6.07, 6.45) is 1.54. The molecule has 20 heavy (non-hydrogen) atoms. The smallest absolute Gasteiger partial charge is 0.234 e. The highest BCUT2D eigenvalue weighted by molar-refractivity contribution is 5.78. The van der Waals surface area contributed by atoms with Crippen molar-refractivity contribution in [3.8, 4) is 0 Å². The van der Waals surface area contributed by atoms with Crippen LogP contribution in [-0.4, -0.2) is 43.6 Å². The van der Waals surface area contributed by atoms with Gasteiger partial charge in [0.1, 0.15) is 5.82 Å². The van der Waals surface area contributed by atoms with Gasteiger partial charge in [0, 0.05) is 19.6 Å². The molecule has 1 heterocycles. The first-order valence-corrected chi connectivity index (χ1v) is 6.66. The standard InChI is InChI=1S/C15H19FN2O2/c1-2-7-17-15(19)11-18-8-9-20-14(10-18)12-3-5-13(16)6-4-12/h2-6,14H,1,7-11H2,(H,17,19). The molecule has 0 aromatic heterocycles. The van der Waals surface area contributed by atoms with Crippen LogP contribution in [0.3, 0.4) is 0 Å². The van der Waals surface area contributed by atoms with E-state index in [4.69, 9.17) is 4.74 Å². The van der Waals surface area contributed by atoms with Crippen molar-refractivity contribution < 1.29 is 13.9 Å². The molecule has 1 aliphatic rings. The second-order valence-electron chi connectivity index (χ2n) is 4.74. The third-order valence-corrected chi connectivity index (χ3v) is 3.20. The Morgan fingerprint density at radius 1 is 1.50 bits per heavy atom. The summed E-state index contributed by atoms with van der Waals surface area (Å²) >= 11 is 0. The maximum Gasteiger partial charge on any atom is 0.234 e. The highest BCUT2D eigenvalue weighted by atomic mass is 19.1. The van der Waals surface area contributed by atoms with E-state index in [2.05, 4.69) is 11.9 Å². The highest BCUT2D eigenvalue weighted by Crippen LogP contribution is 2.22. The van der Waals surface area contributed by atoms with E-state index in [1.807, 2.05) is 4.90 Å². The van der Waals surface area contributed by atoms with Crippen LogP contribution in [0.1, 0.15) is 11.7 Å². The molecule has 1 aliphatic heterocycles. The van der Waals surface area contributed by atoms with E-state index < -0.39 is 0 Å². The van der Waals surface area contributed by atoms with Gasteiger partial charge in [0.05, 0.1) is 19.3 Å². The first-order valence-electron chi connectivity index (χ1n) is 6.66. The molecule has 1 aromatic rings. The quantitative estimate of drug-likeness (QED) is 0.830. The maximum absolute atomic E-state index is 12.9. The first-order chi connectivity index (χ1) is 9.69. The lowest BCUT2D eigenvalue weighted by Crippen LogP contribution is -2.44. The average molecular weight is 278 g/mol. The molecule has 1 N–H and O–H groups in total. The van der Waals surface area contributed by atoms with E-state index in [-0.39, 0.29) is 17.8 Å². The van der Waals surface area contributed by atoms with Crippen molar-refractivity contribution in [1.29, 1.82) is 0 Å². The number of nitrogens with one attached hydrogen (secondary N) is 1. The summed E-state index contributed by atoms with van der Waals surface area (Å²) in [4.78, 5) is 13.7. The molecule has 4 nitrogen and oxygen atoms in total. The second kappa shape index (κ2) is 7.17. The normalized spacial score (nSPS) is 19.6. The van der Waals surface area contributed by atoms with Gasteiger partial charge >= 0.3 is 0 Å². The first kappa shape index (κ1) is 14.7. The van der Waals surface area contributed by atoms with E-state index in [1.54, 1.807) is 18.2 Å². The monoisotopic (exact) mass is 278 g/mol. The number of halogens is 1. The Morgan fingerprint density at radius 2 is 2.25 bits per heavy atom. The predicted molar refractivity (Wildman–Crippen MR) is 74.7 cm³/mol. The van der Waals surface area contributed by atoms with Crippen LogP contribution >= 0.6 is 0 Å². The molecule has 0 spiro atoms. The zero-order valence-electron chi connectivity index (χ0n) is 11.3. The van der Waals surface area contributed by atoms with E-state index >= 15 is 0 Å². The number of morpholine rings is 1. The van der Waals surface area contributed by atoms with Gasteiger partial charge in [-0.2, -0.15) is 0 Å². The highest BCUT2D eigenvalue weighted by Gasteiger charge is 2.23. The van der Waals surface area contributed by atoms with Gasteiger partial charge in [-0.3, -0.25) is 9.69 Å². The van der Waals surface area contributed by atoms with Gasteiger partial charge in [0.2, 0.25) is 5.91 Å². The minimum absolute atomic E-state index is 0.0235. The Labute approximate surface area is 118 Å². The number of hydrogen-bond donors (Lipinski definition) is 1. The molecule has 1 aromatic carbocycles. The van der Waals surface area contributed by atoms with E-state index in [9.17, 15) is 9.18 Å². The third-order valence-electron chi connectivity index (χ3n) is 3.20. The molecule has 2 rings (SSSR count). The number of carbonyl (C=O) groups excluding carboxylic acids is 1. The number of nitrogens with zero attached hydrogens (tertiary/aromatic N) is 1. The number of carbonyl (C=O) groups is 1. The Kier molecular flexibility index (Phi) is 5.26. The lowest BCUT2D eigenvalue weighted by atomic mass is 10.1. The molecule has 1 amide bonds. The van der Waals surface area contributed by atoms with Gasteiger partial charge in [-0.1, -0.05) is 18.2 Å². The number of hydrogen-bond acceptors (Lipinski definition) is 3. The van der Waals surface area contributed by atoms with Gasteiger partial charge in [-0.25, -0.2) is 4.39 Å². The lowest BCUT2D eigenvalue weighted by Gasteiger charge is -2.32. The van der Waals surface area contributed by atoms with Crippen LogP contribution in [0.2, 0.25) is 0 Å². The SMILES string of the molecule is C=CCNC(=O)CN1CCOC(c2ccc(F)cc2)C1. The largest absolute Gasteiger partial charge is 0.371 e. The van der Waals surface area contributed by atoms with E-state index in [0.717, 1.165) is 12.1 Å². The molecule has 5 heteroatoms. The molecule has 1 unspecified atom stereocenters. The molecule has 1 atom stereocenters. The van der Waals surface area contributed by atoms with Gasteiger partial charge in [-0.15, -0.1) is 6.58 Å². The topological polar surface area (TPSA) is 41.6 Å². The van der Waals surface area contributed by atoms with Crippen LogP contribution in [0.5, 0.6) is 0 Å². The third kappa shape index (κ3) is 4.15. The van der Waals surface area contributed by atoms with Crippen LogP contribution < -0.4 is 5.32 Å². The molecule has 1 fully saturated rings. The van der Waals surface area contributed by atoms with Crippen LogP contribution in [0.25, 0.3) is 0 Å². The Balaban J connectivity index is 1.89. The fourth-order valence-corrected chi connectivity index (χ4v) is 2.17. The van der Waals surface area contributed by atoms with E-state index in [0.29, 0.717) is 26.2 Å². The Morgan fingerprint density at radius 3 is 2.95 bits per heavy atom. The molecule has 0 bridgehead atoms. The molecule has 108 valence electrons. The van der Waals surface area contributed by atoms with Crippen molar-refractivity contribution in [3.05, 3.63) is 48.3 Å². The van der Waals surface area contributed by atoms with Gasteiger partial charge in [-0.05, 0) is 17.7 Å². The summed E-state index contributed by atoms with van der Waals surface area (Å²) in [5.74, 6) is -0.283. The number of ether oxygens (including phenoxy) is 1. The number of benzene rings is 1. The van der Waals surface area contributed by atoms with Crippen molar-refractivity contribution in [2.24, 2.45) is 0 Å². The fraction of sp³-hybridized carbons (Fsp3) is 0.400. The molecular weight excluding hydrogens is 259 g/mol. The summed E-state index contributed by atoms with van der Waals surface area (Å²) in [5, 5.41) is 2.75. The lowest BCUT2D eigenvalue weighted by molar-refractivity contribution is -0.124. The van der Waals surface area contributed by atoms with Gasteiger partial charge < -0.3 is 10.1 Å². The number of rotatable bonds is 5. The van der Waals surface area contributed by atoms with Crippen LogP contribution in [0.15, 0.2) is 36.9 Å². The van der Waals surface area contributed by atoms with Crippen molar-refractivity contribution >= 4 is 5.91 Å². The fourth-order valence-electron chi connectivity index (χ4n) is 2.17. The Hall–Kier alpha value is -1.72. The van der Waals surface area contributed by atoms with Gasteiger partial charge in [0.25, 0.3) is 0 Å². The Bertz CT molecular complexity index is 461. The summed E-state index contributed by atoms with van der Waals surface area (Å²) < 4.78 is 18.6. The zero-order valence-corrected chi connectivity index (χ0v) is 11.3. The van der Waals surface area contributed by atoms with Gasteiger partial charge in [0.15, 0.2) is 0 Å². The molecular formula is C15H19FN2O2. The molecule has 0 aliphatic carbocycles. The molecule has 1 saturated heterocycles. The minimum atomic E-state index is -0.259. The maximum atomic E-state index is 12.9. The van der Waals surface area contributed by atoms with Crippen molar-refractivity contribution in [3.63, 3.8) is 0 Å². The summed E-state index contributed by atoms with van der Waals surface area (Å²) in [7, 11) is 0. The summed E-state index contributed by atoms with van der Waals surface area (Å²) in [6.45, 7) is 6.30. The average Bonchev–Trinajstić information content (AvgIpc) is 2.46. The summed E-state index contributed by atoms with van der Waals surface area (Å²) in [5.41, 5.74) is 0.933. The van der Waals surface area contributed by atoms with Crippen molar-refractivity contribution in [2.75, 3.05) is 32.8 Å². The zero-order chi connectivity index (χ0) is 14.4. The summed E-state index contributed by atoms with van der Waals surface area (Å²) in [6, 6.07) is 6.30. The second-order valence-corrected chi connectivity index (χ2v) is 4.74. The molecule has 0 saturated carbocycles. The molecule has 0 radical (unpaired) electrons. The van der Waals surface area contributed by atoms with Crippen molar-refractivity contribution in [2.45, 2.75) is 6.10 Å².